The molecule has 0 saturated heterocycles. The Morgan fingerprint density at radius 1 is 1.33 bits per heavy atom. The summed E-state index contributed by atoms with van der Waals surface area (Å²) in [5.74, 6) is -1.87. The zero-order valence-electron chi connectivity index (χ0n) is 11.0. The number of aromatic nitrogens is 1. The van der Waals surface area contributed by atoms with Gasteiger partial charge >= 0.3 is 5.97 Å². The van der Waals surface area contributed by atoms with Gasteiger partial charge in [0.15, 0.2) is 24.0 Å². The van der Waals surface area contributed by atoms with Gasteiger partial charge in [-0.2, -0.15) is 0 Å². The van der Waals surface area contributed by atoms with Gasteiger partial charge in [-0.15, -0.1) is 0 Å². The molecule has 0 atom stereocenters. The van der Waals surface area contributed by atoms with Crippen LogP contribution < -0.4 is 4.74 Å². The third-order valence-corrected chi connectivity index (χ3v) is 2.89. The number of rotatable bonds is 5. The number of esters is 1. The van der Waals surface area contributed by atoms with Crippen molar-refractivity contribution in [3.05, 3.63) is 52.6 Å². The predicted molar refractivity (Wildman–Crippen MR) is 73.4 cm³/mol. The zero-order chi connectivity index (χ0) is 15.4. The summed E-state index contributed by atoms with van der Waals surface area (Å²) in [6.07, 6.45) is 1.42. The van der Waals surface area contributed by atoms with Gasteiger partial charge in [0.1, 0.15) is 5.69 Å². The van der Waals surface area contributed by atoms with Gasteiger partial charge < -0.3 is 14.5 Å². The minimum Gasteiger partial charge on any atom is -0.494 e. The molecule has 0 aliphatic carbocycles. The maximum absolute atomic E-state index is 13.5. The van der Waals surface area contributed by atoms with Gasteiger partial charge in [-0.05, 0) is 24.3 Å². The summed E-state index contributed by atoms with van der Waals surface area (Å²) in [5, 5.41) is 0.352. The fourth-order valence-corrected chi connectivity index (χ4v) is 1.78. The second-order valence-corrected chi connectivity index (χ2v) is 4.52. The molecule has 0 aliphatic rings. The van der Waals surface area contributed by atoms with Crippen LogP contribution in [0.15, 0.2) is 30.5 Å². The van der Waals surface area contributed by atoms with Crippen molar-refractivity contribution in [3.8, 4) is 5.75 Å². The summed E-state index contributed by atoms with van der Waals surface area (Å²) in [6, 6.07) is 5.13. The molecular weight excluding hydrogens is 301 g/mol. The number of H-pyrrole nitrogens is 1. The molecule has 0 aliphatic heterocycles. The lowest BCUT2D eigenvalue weighted by molar-refractivity contribution is 0.0469. The summed E-state index contributed by atoms with van der Waals surface area (Å²) in [5.41, 5.74) is 0.222. The highest BCUT2D eigenvalue weighted by Gasteiger charge is 2.14. The van der Waals surface area contributed by atoms with E-state index >= 15 is 0 Å². The number of Topliss-reactive ketones (excluding diaryl/α,β-unsaturated/α-hetero) is 1. The summed E-state index contributed by atoms with van der Waals surface area (Å²) < 4.78 is 23.0. The average molecular weight is 312 g/mol. The lowest BCUT2D eigenvalue weighted by atomic mass is 10.1. The van der Waals surface area contributed by atoms with Gasteiger partial charge in [-0.25, -0.2) is 9.18 Å². The van der Waals surface area contributed by atoms with Crippen molar-refractivity contribution in [1.82, 2.24) is 4.98 Å². The summed E-state index contributed by atoms with van der Waals surface area (Å²) in [4.78, 5) is 26.0. The molecule has 1 aromatic heterocycles. The van der Waals surface area contributed by atoms with Crippen molar-refractivity contribution in [2.45, 2.75) is 0 Å². The molecule has 0 saturated carbocycles. The minimum atomic E-state index is -0.718. The number of aromatic amines is 1. The average Bonchev–Trinajstić information content (AvgIpc) is 2.91. The van der Waals surface area contributed by atoms with E-state index < -0.39 is 24.2 Å². The fourth-order valence-electron chi connectivity index (χ4n) is 1.62. The van der Waals surface area contributed by atoms with E-state index in [-0.39, 0.29) is 17.0 Å². The molecule has 110 valence electrons. The van der Waals surface area contributed by atoms with E-state index in [1.165, 1.54) is 31.5 Å². The van der Waals surface area contributed by atoms with Crippen LogP contribution in [-0.2, 0) is 4.74 Å². The SMILES string of the molecule is COc1ccc(C(=O)COC(=O)c2cc(Cl)c[nH]2)cc1F. The van der Waals surface area contributed by atoms with Crippen LogP contribution in [0.1, 0.15) is 20.8 Å². The van der Waals surface area contributed by atoms with E-state index in [1.54, 1.807) is 0 Å². The van der Waals surface area contributed by atoms with E-state index in [0.29, 0.717) is 5.02 Å². The van der Waals surface area contributed by atoms with Crippen molar-refractivity contribution < 1.29 is 23.5 Å². The Balaban J connectivity index is 1.98. The second kappa shape index (κ2) is 6.41. The zero-order valence-corrected chi connectivity index (χ0v) is 11.7. The van der Waals surface area contributed by atoms with Gasteiger partial charge in [0.2, 0.25) is 0 Å². The summed E-state index contributed by atoms with van der Waals surface area (Å²) in [6.45, 7) is -0.499. The molecule has 0 spiro atoms. The van der Waals surface area contributed by atoms with Crippen molar-refractivity contribution >= 4 is 23.4 Å². The molecule has 1 aromatic carbocycles. The first kappa shape index (κ1) is 15.1. The normalized spacial score (nSPS) is 10.2. The van der Waals surface area contributed by atoms with Crippen LogP contribution in [0.3, 0.4) is 0 Å². The van der Waals surface area contributed by atoms with Crippen LogP contribution in [0.25, 0.3) is 0 Å². The Hall–Kier alpha value is -2.34. The first-order valence-electron chi connectivity index (χ1n) is 5.89. The van der Waals surface area contributed by atoms with Crippen LogP contribution in [0, 0.1) is 5.82 Å². The molecule has 0 amide bonds. The Morgan fingerprint density at radius 3 is 2.67 bits per heavy atom. The molecule has 1 N–H and O–H groups in total. The molecule has 0 bridgehead atoms. The van der Waals surface area contributed by atoms with E-state index in [4.69, 9.17) is 21.1 Å². The Labute approximate surface area is 124 Å². The summed E-state index contributed by atoms with van der Waals surface area (Å²) in [7, 11) is 1.32. The van der Waals surface area contributed by atoms with E-state index in [1.807, 2.05) is 0 Å². The number of halogens is 2. The molecule has 7 heteroatoms. The lowest BCUT2D eigenvalue weighted by Crippen LogP contribution is -2.14. The Kier molecular flexibility index (Phi) is 4.59. The number of carbonyl (C=O) groups is 2. The molecule has 5 nitrogen and oxygen atoms in total. The Bertz CT molecular complexity index is 683. The maximum Gasteiger partial charge on any atom is 0.355 e. The third-order valence-electron chi connectivity index (χ3n) is 2.68. The number of hydrogen-bond acceptors (Lipinski definition) is 4. The van der Waals surface area contributed by atoms with Crippen LogP contribution in [-0.4, -0.2) is 30.5 Å². The van der Waals surface area contributed by atoms with E-state index in [2.05, 4.69) is 4.98 Å². The van der Waals surface area contributed by atoms with Gasteiger partial charge in [0.25, 0.3) is 0 Å². The first-order valence-corrected chi connectivity index (χ1v) is 6.27. The molecule has 0 unspecified atom stereocenters. The number of ether oxygens (including phenoxy) is 2. The van der Waals surface area contributed by atoms with Crippen molar-refractivity contribution in [2.24, 2.45) is 0 Å². The molecule has 2 rings (SSSR count). The smallest absolute Gasteiger partial charge is 0.355 e. The van der Waals surface area contributed by atoms with Gasteiger partial charge in [0.05, 0.1) is 12.1 Å². The first-order chi connectivity index (χ1) is 10.0. The van der Waals surface area contributed by atoms with Crippen molar-refractivity contribution in [1.29, 1.82) is 0 Å². The number of benzene rings is 1. The molecule has 21 heavy (non-hydrogen) atoms. The predicted octanol–water partition coefficient (Wildman–Crippen LogP) is 2.86. The van der Waals surface area contributed by atoms with Crippen LogP contribution >= 0.6 is 11.6 Å². The topological polar surface area (TPSA) is 68.4 Å². The number of hydrogen-bond donors (Lipinski definition) is 1. The second-order valence-electron chi connectivity index (χ2n) is 4.08. The van der Waals surface area contributed by atoms with Gasteiger partial charge in [0, 0.05) is 11.8 Å². The van der Waals surface area contributed by atoms with Gasteiger partial charge in [-0.3, -0.25) is 4.79 Å². The highest BCUT2D eigenvalue weighted by atomic mass is 35.5. The van der Waals surface area contributed by atoms with E-state index in [0.717, 1.165) is 6.07 Å². The number of nitrogens with one attached hydrogen (secondary N) is 1. The maximum atomic E-state index is 13.5. The number of ketones is 1. The molecule has 0 fully saturated rings. The lowest BCUT2D eigenvalue weighted by Gasteiger charge is -2.05. The fraction of sp³-hybridized carbons (Fsp3) is 0.143. The highest BCUT2D eigenvalue weighted by Crippen LogP contribution is 2.18. The number of methoxy groups -OCH3 is 1. The minimum absolute atomic E-state index is 0.0320. The quantitative estimate of drug-likeness (QED) is 0.681. The monoisotopic (exact) mass is 311 g/mol. The largest absolute Gasteiger partial charge is 0.494 e. The molecule has 1 heterocycles. The third kappa shape index (κ3) is 3.61. The molecular formula is C14H11ClFNO4. The molecule has 2 aromatic rings. The Morgan fingerprint density at radius 2 is 2.10 bits per heavy atom. The van der Waals surface area contributed by atoms with Crippen LogP contribution in [0.2, 0.25) is 5.02 Å². The van der Waals surface area contributed by atoms with Crippen molar-refractivity contribution in [2.75, 3.05) is 13.7 Å². The van der Waals surface area contributed by atoms with Crippen molar-refractivity contribution in [3.63, 3.8) is 0 Å². The van der Waals surface area contributed by atoms with Gasteiger partial charge in [-0.1, -0.05) is 11.6 Å². The standard InChI is InChI=1S/C14H11ClFNO4/c1-20-13-3-2-8(4-10(13)16)12(18)7-21-14(19)11-5-9(15)6-17-11/h2-6,17H,7H2,1H3. The van der Waals surface area contributed by atoms with Crippen LogP contribution in [0.4, 0.5) is 4.39 Å². The van der Waals surface area contributed by atoms with E-state index in [9.17, 15) is 14.0 Å². The van der Waals surface area contributed by atoms with Crippen LogP contribution in [0.5, 0.6) is 5.75 Å². The highest BCUT2D eigenvalue weighted by molar-refractivity contribution is 6.30. The summed E-state index contributed by atoms with van der Waals surface area (Å²) >= 11 is 5.65. The number of carbonyl (C=O) groups excluding carboxylic acids is 2. The molecule has 0 radical (unpaired) electrons.